The summed E-state index contributed by atoms with van der Waals surface area (Å²) in [4.78, 5) is 0. The Morgan fingerprint density at radius 2 is 2.30 bits per heavy atom. The van der Waals surface area contributed by atoms with Gasteiger partial charge in [-0.3, -0.25) is 0 Å². The van der Waals surface area contributed by atoms with E-state index in [2.05, 4.69) is 19.2 Å². The lowest BCUT2D eigenvalue weighted by molar-refractivity contribution is 0.675. The van der Waals surface area contributed by atoms with Gasteiger partial charge in [0, 0.05) is 19.5 Å². The molecule has 0 spiro atoms. The zero-order chi connectivity index (χ0) is 7.98. The van der Waals surface area contributed by atoms with E-state index >= 15 is 0 Å². The van der Waals surface area contributed by atoms with Crippen molar-refractivity contribution in [1.29, 1.82) is 5.41 Å². The van der Waals surface area contributed by atoms with Gasteiger partial charge >= 0.3 is 0 Å². The largest absolute Gasteiger partial charge is 0.394 e. The maximum atomic E-state index is 7.06. The minimum Gasteiger partial charge on any atom is -0.394 e. The van der Waals surface area contributed by atoms with Crippen LogP contribution in [-0.4, -0.2) is 13.3 Å². The molecule has 2 N–H and O–H groups in total. The summed E-state index contributed by atoms with van der Waals surface area (Å²) < 4.78 is 0. The van der Waals surface area contributed by atoms with E-state index in [1.54, 1.807) is 0 Å². The summed E-state index contributed by atoms with van der Waals surface area (Å²) in [5.41, 5.74) is 1.06. The predicted molar refractivity (Wildman–Crippen MR) is 45.4 cm³/mol. The molecule has 0 aliphatic rings. The van der Waals surface area contributed by atoms with Gasteiger partial charge in [-0.05, 0) is 17.9 Å². The molecule has 0 aliphatic heterocycles. The van der Waals surface area contributed by atoms with Gasteiger partial charge in [-0.2, -0.15) is 0 Å². The van der Waals surface area contributed by atoms with E-state index in [1.165, 1.54) is 6.21 Å². The molecule has 10 heavy (non-hydrogen) atoms. The second-order valence-corrected chi connectivity index (χ2v) is 2.39. The zero-order valence-corrected chi connectivity index (χ0v) is 6.94. The van der Waals surface area contributed by atoms with Crippen LogP contribution in [-0.2, 0) is 0 Å². The molecule has 0 radical (unpaired) electrons. The number of hydrogen-bond acceptors (Lipinski definition) is 2. The Bertz CT molecular complexity index is 127. The summed E-state index contributed by atoms with van der Waals surface area (Å²) >= 11 is 0. The van der Waals surface area contributed by atoms with Gasteiger partial charge in [-0.25, -0.2) is 0 Å². The van der Waals surface area contributed by atoms with Crippen LogP contribution in [0.1, 0.15) is 20.3 Å². The molecule has 0 aromatic heterocycles. The highest BCUT2D eigenvalue weighted by atomic mass is 14.8. The molecule has 0 bridgehead atoms. The monoisotopic (exact) mass is 140 g/mol. The van der Waals surface area contributed by atoms with Gasteiger partial charge in [-0.1, -0.05) is 13.8 Å². The molecular weight excluding hydrogens is 124 g/mol. The molecule has 0 aromatic carbocycles. The highest BCUT2D eigenvalue weighted by Gasteiger charge is 2.01. The number of nitrogens with one attached hydrogen (secondary N) is 2. The van der Waals surface area contributed by atoms with E-state index in [1.807, 2.05) is 13.2 Å². The fourth-order valence-corrected chi connectivity index (χ4v) is 0.729. The number of rotatable bonds is 4. The van der Waals surface area contributed by atoms with Crippen molar-refractivity contribution in [2.75, 3.05) is 7.05 Å². The predicted octanol–water partition coefficient (Wildman–Crippen LogP) is 1.79. The van der Waals surface area contributed by atoms with Crippen LogP contribution in [0.25, 0.3) is 0 Å². The fourth-order valence-electron chi connectivity index (χ4n) is 0.729. The molecule has 0 saturated carbocycles. The van der Waals surface area contributed by atoms with Crippen molar-refractivity contribution >= 4 is 6.21 Å². The molecule has 2 nitrogen and oxygen atoms in total. The first-order chi connectivity index (χ1) is 4.76. The van der Waals surface area contributed by atoms with Crippen LogP contribution in [0.5, 0.6) is 0 Å². The van der Waals surface area contributed by atoms with Crippen LogP contribution in [0.2, 0.25) is 0 Å². The summed E-state index contributed by atoms with van der Waals surface area (Å²) in [5.74, 6) is 0.491. The Labute approximate surface area is 62.8 Å². The molecule has 0 rings (SSSR count). The number of hydrogen-bond donors (Lipinski definition) is 2. The summed E-state index contributed by atoms with van der Waals surface area (Å²) in [6.07, 6.45) is 4.37. The van der Waals surface area contributed by atoms with E-state index in [9.17, 15) is 0 Å². The van der Waals surface area contributed by atoms with Crippen molar-refractivity contribution in [2.24, 2.45) is 5.92 Å². The summed E-state index contributed by atoms with van der Waals surface area (Å²) in [7, 11) is 1.85. The molecule has 58 valence electrons. The van der Waals surface area contributed by atoms with E-state index in [0.29, 0.717) is 5.92 Å². The molecule has 0 aromatic rings. The fraction of sp³-hybridized carbons (Fsp3) is 0.625. The van der Waals surface area contributed by atoms with Crippen LogP contribution in [0.15, 0.2) is 11.8 Å². The molecule has 0 aliphatic carbocycles. The Balaban J connectivity index is 4.05. The van der Waals surface area contributed by atoms with Crippen LogP contribution < -0.4 is 5.32 Å². The molecule has 0 fully saturated rings. The Hall–Kier alpha value is -0.790. The van der Waals surface area contributed by atoms with Crippen molar-refractivity contribution < 1.29 is 0 Å². The zero-order valence-electron chi connectivity index (χ0n) is 6.94. The van der Waals surface area contributed by atoms with Crippen LogP contribution in [0.4, 0.5) is 0 Å². The van der Waals surface area contributed by atoms with Crippen LogP contribution >= 0.6 is 0 Å². The molecule has 0 heterocycles. The lowest BCUT2D eigenvalue weighted by Crippen LogP contribution is -2.04. The lowest BCUT2D eigenvalue weighted by atomic mass is 10.0. The number of allylic oxidation sites excluding steroid dienone is 1. The topological polar surface area (TPSA) is 35.9 Å². The summed E-state index contributed by atoms with van der Waals surface area (Å²) in [6.45, 7) is 4.24. The van der Waals surface area contributed by atoms with Crippen molar-refractivity contribution in [1.82, 2.24) is 5.32 Å². The third kappa shape index (κ3) is 2.67. The van der Waals surface area contributed by atoms with Crippen molar-refractivity contribution in [2.45, 2.75) is 20.3 Å². The Morgan fingerprint density at radius 3 is 2.60 bits per heavy atom. The van der Waals surface area contributed by atoms with Gasteiger partial charge in [0.05, 0.1) is 0 Å². The van der Waals surface area contributed by atoms with Gasteiger partial charge in [-0.15, -0.1) is 0 Å². The third-order valence-corrected chi connectivity index (χ3v) is 1.66. The molecule has 1 atom stereocenters. The molecule has 0 saturated heterocycles. The average Bonchev–Trinajstić information content (AvgIpc) is 1.99. The van der Waals surface area contributed by atoms with E-state index in [-0.39, 0.29) is 0 Å². The van der Waals surface area contributed by atoms with Gasteiger partial charge < -0.3 is 10.7 Å². The van der Waals surface area contributed by atoms with Gasteiger partial charge in [0.25, 0.3) is 0 Å². The minimum absolute atomic E-state index is 0.491. The molecule has 0 amide bonds. The van der Waals surface area contributed by atoms with Gasteiger partial charge in [0.15, 0.2) is 0 Å². The molecule has 1 unspecified atom stereocenters. The van der Waals surface area contributed by atoms with Crippen molar-refractivity contribution in [3.8, 4) is 0 Å². The first kappa shape index (κ1) is 9.21. The van der Waals surface area contributed by atoms with E-state index < -0.39 is 0 Å². The van der Waals surface area contributed by atoms with Crippen molar-refractivity contribution in [3.63, 3.8) is 0 Å². The second kappa shape index (κ2) is 5.03. The van der Waals surface area contributed by atoms with E-state index in [4.69, 9.17) is 5.41 Å². The quantitative estimate of drug-likeness (QED) is 0.574. The first-order valence-electron chi connectivity index (χ1n) is 3.64. The van der Waals surface area contributed by atoms with Gasteiger partial charge in [0.2, 0.25) is 0 Å². The highest BCUT2D eigenvalue weighted by molar-refractivity contribution is 5.76. The maximum absolute atomic E-state index is 7.06. The van der Waals surface area contributed by atoms with Gasteiger partial charge in [0.1, 0.15) is 0 Å². The Kier molecular flexibility index (Phi) is 4.63. The maximum Gasteiger partial charge on any atom is 0.0226 e. The summed E-state index contributed by atoms with van der Waals surface area (Å²) in [5, 5.41) is 9.98. The third-order valence-electron chi connectivity index (χ3n) is 1.66. The van der Waals surface area contributed by atoms with Crippen molar-refractivity contribution in [3.05, 3.63) is 11.8 Å². The smallest absolute Gasteiger partial charge is 0.0226 e. The Morgan fingerprint density at radius 1 is 1.70 bits per heavy atom. The highest BCUT2D eigenvalue weighted by Crippen LogP contribution is 2.10. The van der Waals surface area contributed by atoms with Crippen LogP contribution in [0, 0.1) is 11.3 Å². The second-order valence-electron chi connectivity index (χ2n) is 2.39. The molecule has 2 heteroatoms. The minimum atomic E-state index is 0.491. The molecular formula is C8H16N2. The standard InChI is InChI=1S/C8H16N2/c1-4-7(2)8(5-9)6-10-3/h5-7,9-10H,4H2,1-3H3/b8-6+,9-5?. The summed E-state index contributed by atoms with van der Waals surface area (Å²) in [6, 6.07) is 0. The SMILES string of the molecule is CCC(C)/C(C=N)=C/NC. The van der Waals surface area contributed by atoms with E-state index in [0.717, 1.165) is 12.0 Å². The first-order valence-corrected chi connectivity index (χ1v) is 3.64. The van der Waals surface area contributed by atoms with Crippen LogP contribution in [0.3, 0.4) is 0 Å². The lowest BCUT2D eigenvalue weighted by Gasteiger charge is -2.07. The normalized spacial score (nSPS) is 14.5. The average molecular weight is 140 g/mol.